The zero-order chi connectivity index (χ0) is 12.3. The van der Waals surface area contributed by atoms with Crippen LogP contribution in [0.4, 0.5) is 0 Å². The van der Waals surface area contributed by atoms with Crippen LogP contribution in [0.2, 0.25) is 0 Å². The first-order valence-electron chi connectivity index (χ1n) is 7.47. The Morgan fingerprint density at radius 2 is 2.06 bits per heavy atom. The lowest BCUT2D eigenvalue weighted by molar-refractivity contribution is 0.147. The number of rotatable bonds is 4. The third-order valence-electron chi connectivity index (χ3n) is 4.78. The van der Waals surface area contributed by atoms with Crippen molar-refractivity contribution >= 4 is 12.4 Å². The van der Waals surface area contributed by atoms with Gasteiger partial charge in [0.15, 0.2) is 0 Å². The van der Waals surface area contributed by atoms with Crippen molar-refractivity contribution in [1.82, 2.24) is 9.80 Å². The highest BCUT2D eigenvalue weighted by atomic mass is 35.5. The third kappa shape index (κ3) is 4.40. The highest BCUT2D eigenvalue weighted by Gasteiger charge is 2.40. The topological polar surface area (TPSA) is 6.48 Å². The molecule has 2 rings (SSSR count). The van der Waals surface area contributed by atoms with E-state index in [4.69, 9.17) is 0 Å². The standard InChI is InChI=1S/C15H30N2.ClH/c1-14-6-4-7-15(12-14)8-11-17(13-15)10-5-9-16(2)3;/h14H,4-13H2,1-3H3;1H. The lowest BCUT2D eigenvalue weighted by atomic mass is 9.70. The Kier molecular flexibility index (Phi) is 6.43. The van der Waals surface area contributed by atoms with Crippen LogP contribution in [0, 0.1) is 11.3 Å². The zero-order valence-corrected chi connectivity index (χ0v) is 13.3. The number of hydrogen-bond acceptors (Lipinski definition) is 2. The Morgan fingerprint density at radius 1 is 1.28 bits per heavy atom. The maximum Gasteiger partial charge on any atom is 0.00386 e. The van der Waals surface area contributed by atoms with Gasteiger partial charge < -0.3 is 9.80 Å². The van der Waals surface area contributed by atoms with Crippen molar-refractivity contribution in [2.75, 3.05) is 40.3 Å². The van der Waals surface area contributed by atoms with E-state index in [9.17, 15) is 0 Å². The molecular weight excluding hydrogens is 244 g/mol. The quantitative estimate of drug-likeness (QED) is 0.776. The first-order chi connectivity index (χ1) is 8.10. The second kappa shape index (κ2) is 7.12. The summed E-state index contributed by atoms with van der Waals surface area (Å²) in [6.07, 6.45) is 8.76. The summed E-state index contributed by atoms with van der Waals surface area (Å²) in [5, 5.41) is 0. The Morgan fingerprint density at radius 3 is 2.72 bits per heavy atom. The van der Waals surface area contributed by atoms with Crippen LogP contribution in [0.1, 0.15) is 45.4 Å². The molecular formula is C15H31ClN2. The molecule has 0 aromatic rings. The fraction of sp³-hybridized carbons (Fsp3) is 1.00. The van der Waals surface area contributed by atoms with Crippen molar-refractivity contribution in [2.24, 2.45) is 11.3 Å². The lowest BCUT2D eigenvalue weighted by Crippen LogP contribution is -2.32. The van der Waals surface area contributed by atoms with Gasteiger partial charge in [-0.25, -0.2) is 0 Å². The minimum Gasteiger partial charge on any atom is -0.309 e. The molecule has 0 amide bonds. The predicted molar refractivity (Wildman–Crippen MR) is 81.5 cm³/mol. The van der Waals surface area contributed by atoms with E-state index >= 15 is 0 Å². The molecule has 0 aromatic heterocycles. The monoisotopic (exact) mass is 274 g/mol. The summed E-state index contributed by atoms with van der Waals surface area (Å²) < 4.78 is 0. The van der Waals surface area contributed by atoms with Gasteiger partial charge in [-0.1, -0.05) is 19.8 Å². The molecule has 2 nitrogen and oxygen atoms in total. The van der Waals surface area contributed by atoms with Crippen LogP contribution in [-0.2, 0) is 0 Å². The van der Waals surface area contributed by atoms with E-state index in [1.165, 1.54) is 64.7 Å². The molecule has 1 heterocycles. The van der Waals surface area contributed by atoms with E-state index < -0.39 is 0 Å². The van der Waals surface area contributed by atoms with Crippen LogP contribution >= 0.6 is 12.4 Å². The van der Waals surface area contributed by atoms with E-state index in [1.807, 2.05) is 0 Å². The molecule has 2 unspecified atom stereocenters. The lowest BCUT2D eigenvalue weighted by Gasteiger charge is -2.37. The zero-order valence-electron chi connectivity index (χ0n) is 12.5. The van der Waals surface area contributed by atoms with E-state index in [0.29, 0.717) is 0 Å². The molecule has 1 aliphatic carbocycles. The molecule has 1 saturated carbocycles. The van der Waals surface area contributed by atoms with Crippen molar-refractivity contribution in [2.45, 2.75) is 45.4 Å². The SMILES string of the molecule is CC1CCCC2(CCN(CCCN(C)C)C2)C1.Cl. The summed E-state index contributed by atoms with van der Waals surface area (Å²) in [7, 11) is 4.35. The number of hydrogen-bond donors (Lipinski definition) is 0. The van der Waals surface area contributed by atoms with Crippen LogP contribution < -0.4 is 0 Å². The highest BCUT2D eigenvalue weighted by molar-refractivity contribution is 5.85. The largest absolute Gasteiger partial charge is 0.309 e. The van der Waals surface area contributed by atoms with Crippen LogP contribution in [0.3, 0.4) is 0 Å². The number of nitrogens with zero attached hydrogens (tertiary/aromatic N) is 2. The van der Waals surface area contributed by atoms with Crippen molar-refractivity contribution in [3.8, 4) is 0 Å². The maximum absolute atomic E-state index is 2.72. The van der Waals surface area contributed by atoms with E-state index in [2.05, 4.69) is 30.8 Å². The molecule has 1 aliphatic heterocycles. The van der Waals surface area contributed by atoms with Crippen LogP contribution in [0.25, 0.3) is 0 Å². The maximum atomic E-state index is 2.72. The molecule has 0 N–H and O–H groups in total. The molecule has 3 heteroatoms. The summed E-state index contributed by atoms with van der Waals surface area (Å²) in [5.41, 5.74) is 0.718. The Hall–Kier alpha value is 0.210. The van der Waals surface area contributed by atoms with Crippen molar-refractivity contribution in [3.63, 3.8) is 0 Å². The minimum atomic E-state index is 0. The fourth-order valence-corrected chi connectivity index (χ4v) is 3.97. The first-order valence-corrected chi connectivity index (χ1v) is 7.47. The Labute approximate surface area is 120 Å². The summed E-state index contributed by atoms with van der Waals surface area (Å²) >= 11 is 0. The Bertz CT molecular complexity index is 245. The number of likely N-dealkylation sites (tertiary alicyclic amines) is 1. The summed E-state index contributed by atoms with van der Waals surface area (Å²) in [6.45, 7) is 7.76. The van der Waals surface area contributed by atoms with Gasteiger partial charge in [0.05, 0.1) is 0 Å². The van der Waals surface area contributed by atoms with Gasteiger partial charge in [0.1, 0.15) is 0 Å². The van der Waals surface area contributed by atoms with Crippen molar-refractivity contribution < 1.29 is 0 Å². The average molecular weight is 275 g/mol. The second-order valence-corrected chi connectivity index (χ2v) is 6.88. The molecule has 0 bridgehead atoms. The van der Waals surface area contributed by atoms with Crippen LogP contribution in [-0.4, -0.2) is 50.1 Å². The molecule has 0 radical (unpaired) electrons. The minimum absolute atomic E-state index is 0. The summed E-state index contributed by atoms with van der Waals surface area (Å²) in [5.74, 6) is 0.977. The van der Waals surface area contributed by atoms with Crippen LogP contribution in [0.15, 0.2) is 0 Å². The molecule has 1 spiro atoms. The second-order valence-electron chi connectivity index (χ2n) is 6.88. The molecule has 2 fully saturated rings. The number of halogens is 1. The van der Waals surface area contributed by atoms with Gasteiger partial charge in [-0.15, -0.1) is 12.4 Å². The van der Waals surface area contributed by atoms with E-state index in [-0.39, 0.29) is 12.4 Å². The average Bonchev–Trinajstić information content (AvgIpc) is 2.60. The van der Waals surface area contributed by atoms with E-state index in [0.717, 1.165) is 11.3 Å². The van der Waals surface area contributed by atoms with Gasteiger partial charge in [-0.05, 0) is 70.7 Å². The molecule has 18 heavy (non-hydrogen) atoms. The van der Waals surface area contributed by atoms with Crippen molar-refractivity contribution in [3.05, 3.63) is 0 Å². The molecule has 2 atom stereocenters. The van der Waals surface area contributed by atoms with Gasteiger partial charge in [0.2, 0.25) is 0 Å². The van der Waals surface area contributed by atoms with Gasteiger partial charge in [0, 0.05) is 6.54 Å². The van der Waals surface area contributed by atoms with E-state index in [1.54, 1.807) is 0 Å². The normalized spacial score (nSPS) is 33.0. The van der Waals surface area contributed by atoms with Crippen molar-refractivity contribution in [1.29, 1.82) is 0 Å². The van der Waals surface area contributed by atoms with Crippen LogP contribution in [0.5, 0.6) is 0 Å². The summed E-state index contributed by atoms with van der Waals surface area (Å²) in [4.78, 5) is 5.02. The van der Waals surface area contributed by atoms with Gasteiger partial charge in [0.25, 0.3) is 0 Å². The highest BCUT2D eigenvalue weighted by Crippen LogP contribution is 2.45. The van der Waals surface area contributed by atoms with Gasteiger partial charge in [-0.3, -0.25) is 0 Å². The Balaban J connectivity index is 0.00000162. The van der Waals surface area contributed by atoms with Gasteiger partial charge in [-0.2, -0.15) is 0 Å². The molecule has 108 valence electrons. The predicted octanol–water partition coefficient (Wildman–Crippen LogP) is 3.26. The molecule has 1 saturated heterocycles. The molecule has 0 aromatic carbocycles. The van der Waals surface area contributed by atoms with Gasteiger partial charge >= 0.3 is 0 Å². The fourth-order valence-electron chi connectivity index (χ4n) is 3.97. The summed E-state index contributed by atoms with van der Waals surface area (Å²) in [6, 6.07) is 0. The third-order valence-corrected chi connectivity index (χ3v) is 4.78. The molecule has 2 aliphatic rings. The first kappa shape index (κ1) is 16.3. The smallest absolute Gasteiger partial charge is 0.00386 e.